The number of carbonyl (C=O) groups excluding carboxylic acids is 2. The van der Waals surface area contributed by atoms with Gasteiger partial charge in [0.1, 0.15) is 6.42 Å². The lowest BCUT2D eigenvalue weighted by molar-refractivity contribution is -0.127. The third-order valence-corrected chi connectivity index (χ3v) is 3.88. The van der Waals surface area contributed by atoms with Crippen LogP contribution in [0, 0.1) is 0 Å². The molecule has 19 heavy (non-hydrogen) atoms. The minimum atomic E-state index is -0.289. The van der Waals surface area contributed by atoms with Crippen LogP contribution in [0.1, 0.15) is 32.1 Å². The number of benzene rings is 1. The Morgan fingerprint density at radius 2 is 1.84 bits per heavy atom. The number of para-hydroxylation sites is 1. The Morgan fingerprint density at radius 3 is 2.53 bits per heavy atom. The van der Waals surface area contributed by atoms with Crippen LogP contribution >= 0.6 is 15.9 Å². The van der Waals surface area contributed by atoms with Crippen LogP contribution in [0.15, 0.2) is 28.7 Å². The molecule has 0 atom stereocenters. The highest BCUT2D eigenvalue weighted by Crippen LogP contribution is 2.21. The fraction of sp³-hybridized carbons (Fsp3) is 0.429. The van der Waals surface area contributed by atoms with Crippen molar-refractivity contribution in [3.8, 4) is 0 Å². The zero-order valence-corrected chi connectivity index (χ0v) is 12.2. The lowest BCUT2D eigenvalue weighted by Gasteiger charge is -2.12. The van der Waals surface area contributed by atoms with Crippen LogP contribution in [0.4, 0.5) is 5.69 Å². The Hall–Kier alpha value is -1.36. The third-order valence-electron chi connectivity index (χ3n) is 3.19. The summed E-state index contributed by atoms with van der Waals surface area (Å²) in [6, 6.07) is 7.58. The van der Waals surface area contributed by atoms with Crippen molar-refractivity contribution in [1.82, 2.24) is 5.32 Å². The first-order valence-electron chi connectivity index (χ1n) is 6.49. The van der Waals surface area contributed by atoms with Crippen molar-refractivity contribution in [1.29, 1.82) is 0 Å². The van der Waals surface area contributed by atoms with Gasteiger partial charge in [0.05, 0.1) is 5.69 Å². The van der Waals surface area contributed by atoms with E-state index >= 15 is 0 Å². The molecule has 0 aliphatic heterocycles. The van der Waals surface area contributed by atoms with E-state index in [0.29, 0.717) is 5.69 Å². The van der Waals surface area contributed by atoms with Crippen LogP contribution in [0.3, 0.4) is 0 Å². The molecule has 0 heterocycles. The first-order chi connectivity index (χ1) is 9.15. The second kappa shape index (κ2) is 6.70. The predicted molar refractivity (Wildman–Crippen MR) is 77.8 cm³/mol. The summed E-state index contributed by atoms with van der Waals surface area (Å²) < 4.78 is 0.805. The zero-order valence-electron chi connectivity index (χ0n) is 10.6. The molecule has 2 rings (SSSR count). The topological polar surface area (TPSA) is 58.2 Å². The summed E-state index contributed by atoms with van der Waals surface area (Å²) in [7, 11) is 0. The molecule has 5 heteroatoms. The summed E-state index contributed by atoms with van der Waals surface area (Å²) in [5.74, 6) is -0.487. The maximum absolute atomic E-state index is 11.8. The Morgan fingerprint density at radius 1 is 1.16 bits per heavy atom. The van der Waals surface area contributed by atoms with Crippen molar-refractivity contribution in [2.45, 2.75) is 38.1 Å². The van der Waals surface area contributed by atoms with Crippen molar-refractivity contribution in [2.75, 3.05) is 5.32 Å². The van der Waals surface area contributed by atoms with Gasteiger partial charge in [0.15, 0.2) is 0 Å². The van der Waals surface area contributed by atoms with Crippen LogP contribution in [0.2, 0.25) is 0 Å². The van der Waals surface area contributed by atoms with E-state index in [1.54, 1.807) is 6.07 Å². The van der Waals surface area contributed by atoms with Crippen LogP contribution < -0.4 is 10.6 Å². The Labute approximate surface area is 121 Å². The highest BCUT2D eigenvalue weighted by Gasteiger charge is 2.18. The number of carbonyl (C=O) groups is 2. The van der Waals surface area contributed by atoms with E-state index in [2.05, 4.69) is 26.6 Å². The summed E-state index contributed by atoms with van der Waals surface area (Å²) in [6.45, 7) is 0. The molecule has 102 valence electrons. The van der Waals surface area contributed by atoms with E-state index in [1.165, 1.54) is 0 Å². The van der Waals surface area contributed by atoms with Gasteiger partial charge in [0.2, 0.25) is 11.8 Å². The van der Waals surface area contributed by atoms with Crippen molar-refractivity contribution < 1.29 is 9.59 Å². The molecular formula is C14H17BrN2O2. The van der Waals surface area contributed by atoms with E-state index < -0.39 is 0 Å². The fourth-order valence-electron chi connectivity index (χ4n) is 2.25. The van der Waals surface area contributed by atoms with Crippen LogP contribution in [0.5, 0.6) is 0 Å². The van der Waals surface area contributed by atoms with Gasteiger partial charge in [-0.1, -0.05) is 25.0 Å². The normalized spacial score (nSPS) is 15.2. The molecule has 0 bridgehead atoms. The Balaban J connectivity index is 1.80. The summed E-state index contributed by atoms with van der Waals surface area (Å²) in [5.41, 5.74) is 0.682. The highest BCUT2D eigenvalue weighted by molar-refractivity contribution is 9.10. The van der Waals surface area contributed by atoms with Crippen LogP contribution in [-0.2, 0) is 9.59 Å². The van der Waals surface area contributed by atoms with Crippen molar-refractivity contribution >= 4 is 33.4 Å². The van der Waals surface area contributed by atoms with Gasteiger partial charge in [-0.15, -0.1) is 0 Å². The van der Waals surface area contributed by atoms with Gasteiger partial charge in [-0.2, -0.15) is 0 Å². The molecule has 1 saturated carbocycles. The van der Waals surface area contributed by atoms with Crippen molar-refractivity contribution in [3.63, 3.8) is 0 Å². The van der Waals surface area contributed by atoms with Gasteiger partial charge in [0, 0.05) is 10.5 Å². The average molecular weight is 325 g/mol. The van der Waals surface area contributed by atoms with E-state index in [-0.39, 0.29) is 24.3 Å². The number of nitrogens with one attached hydrogen (secondary N) is 2. The first-order valence-corrected chi connectivity index (χ1v) is 7.28. The maximum atomic E-state index is 11.8. The number of anilines is 1. The minimum absolute atomic E-state index is 0.127. The van der Waals surface area contributed by atoms with Gasteiger partial charge in [-0.25, -0.2) is 0 Å². The molecule has 0 unspecified atom stereocenters. The summed E-state index contributed by atoms with van der Waals surface area (Å²) >= 11 is 3.35. The predicted octanol–water partition coefficient (Wildman–Crippen LogP) is 2.84. The van der Waals surface area contributed by atoms with Crippen molar-refractivity contribution in [2.24, 2.45) is 0 Å². The number of hydrogen-bond acceptors (Lipinski definition) is 2. The smallest absolute Gasteiger partial charge is 0.233 e. The van der Waals surface area contributed by atoms with Gasteiger partial charge >= 0.3 is 0 Å². The largest absolute Gasteiger partial charge is 0.353 e. The van der Waals surface area contributed by atoms with E-state index in [0.717, 1.165) is 30.2 Å². The van der Waals surface area contributed by atoms with Gasteiger partial charge in [0.25, 0.3) is 0 Å². The molecule has 0 saturated heterocycles. The van der Waals surface area contributed by atoms with E-state index in [1.807, 2.05) is 18.2 Å². The van der Waals surface area contributed by atoms with Crippen molar-refractivity contribution in [3.05, 3.63) is 28.7 Å². The molecule has 1 fully saturated rings. The molecule has 1 aromatic rings. The van der Waals surface area contributed by atoms with E-state index in [4.69, 9.17) is 0 Å². The number of amides is 2. The second-order valence-electron chi connectivity index (χ2n) is 4.75. The molecule has 0 spiro atoms. The van der Waals surface area contributed by atoms with Crippen LogP contribution in [0.25, 0.3) is 0 Å². The zero-order chi connectivity index (χ0) is 13.7. The number of halogens is 1. The van der Waals surface area contributed by atoms with Gasteiger partial charge in [-0.3, -0.25) is 9.59 Å². The Bertz CT molecular complexity index is 470. The SMILES string of the molecule is O=C(CC(=O)NC1CCCC1)Nc1ccccc1Br. The molecule has 1 aliphatic carbocycles. The third kappa shape index (κ3) is 4.35. The molecule has 1 aromatic carbocycles. The minimum Gasteiger partial charge on any atom is -0.353 e. The highest BCUT2D eigenvalue weighted by atomic mass is 79.9. The standard InChI is InChI=1S/C14H17BrN2O2/c15-11-7-3-4-8-12(11)17-14(19)9-13(18)16-10-5-1-2-6-10/h3-4,7-8,10H,1-2,5-6,9H2,(H,16,18)(H,17,19). The number of rotatable bonds is 4. The molecule has 4 nitrogen and oxygen atoms in total. The molecule has 0 aromatic heterocycles. The molecule has 2 amide bonds. The fourth-order valence-corrected chi connectivity index (χ4v) is 2.64. The lowest BCUT2D eigenvalue weighted by atomic mass is 10.2. The lowest BCUT2D eigenvalue weighted by Crippen LogP contribution is -2.35. The summed E-state index contributed by atoms with van der Waals surface area (Å²) in [6.07, 6.45) is 4.25. The molecular weight excluding hydrogens is 308 g/mol. The first kappa shape index (κ1) is 14.1. The number of hydrogen-bond donors (Lipinski definition) is 2. The maximum Gasteiger partial charge on any atom is 0.233 e. The van der Waals surface area contributed by atoms with Gasteiger partial charge < -0.3 is 10.6 Å². The molecule has 0 radical (unpaired) electrons. The Kier molecular flexibility index (Phi) is 4.96. The summed E-state index contributed by atoms with van der Waals surface area (Å²) in [5, 5.41) is 5.62. The second-order valence-corrected chi connectivity index (χ2v) is 5.61. The monoisotopic (exact) mass is 324 g/mol. The quantitative estimate of drug-likeness (QED) is 0.837. The molecule has 1 aliphatic rings. The van der Waals surface area contributed by atoms with E-state index in [9.17, 15) is 9.59 Å². The van der Waals surface area contributed by atoms with Crippen LogP contribution in [-0.4, -0.2) is 17.9 Å². The molecule has 2 N–H and O–H groups in total. The summed E-state index contributed by atoms with van der Waals surface area (Å²) in [4.78, 5) is 23.5. The van der Waals surface area contributed by atoms with Gasteiger partial charge in [-0.05, 0) is 40.9 Å². The average Bonchev–Trinajstić information content (AvgIpc) is 2.84.